The molecule has 0 saturated heterocycles. The molecule has 0 atom stereocenters. The van der Waals surface area contributed by atoms with Crippen LogP contribution in [-0.4, -0.2) is 57.4 Å². The molecule has 0 bridgehead atoms. The number of aromatic hydroxyl groups is 1. The topological polar surface area (TPSA) is 114 Å². The lowest BCUT2D eigenvalue weighted by molar-refractivity contribution is 0.0681. The summed E-state index contributed by atoms with van der Waals surface area (Å²) in [6, 6.07) is 0.892. The highest BCUT2D eigenvalue weighted by Gasteiger charge is 2.18. The van der Waals surface area contributed by atoms with Gasteiger partial charge in [0.05, 0.1) is 18.8 Å². The molecule has 0 aromatic carbocycles. The Morgan fingerprint density at radius 3 is 2.35 bits per heavy atom. The molecule has 7 nitrogen and oxygen atoms in total. The smallest absolute Gasteiger partial charge is 0.259 e. The number of carbonyl (C=O) groups excluding carboxylic acids is 1. The number of hydrogen-bond donors (Lipinski definition) is 4. The van der Waals surface area contributed by atoms with Crippen LogP contribution in [-0.2, 0) is 0 Å². The van der Waals surface area contributed by atoms with Crippen molar-refractivity contribution in [3.8, 4) is 5.75 Å². The van der Waals surface area contributed by atoms with Gasteiger partial charge >= 0.3 is 0 Å². The number of aliphatic hydroxyl groups excluding tert-OH is 2. The summed E-state index contributed by atoms with van der Waals surface area (Å²) in [6.07, 6.45) is 1.10. The Balaban J connectivity index is 2.96. The van der Waals surface area contributed by atoms with Crippen LogP contribution < -0.4 is 5.56 Å². The molecule has 1 heterocycles. The monoisotopic (exact) mass is 242 g/mol. The van der Waals surface area contributed by atoms with E-state index in [9.17, 15) is 14.7 Å². The van der Waals surface area contributed by atoms with Crippen molar-refractivity contribution in [2.45, 2.75) is 0 Å². The Morgan fingerprint density at radius 1 is 1.29 bits per heavy atom. The average molecular weight is 242 g/mol. The van der Waals surface area contributed by atoms with E-state index in [1.54, 1.807) is 0 Å². The van der Waals surface area contributed by atoms with E-state index in [4.69, 9.17) is 10.2 Å². The Labute approximate surface area is 96.9 Å². The highest BCUT2D eigenvalue weighted by atomic mass is 16.3. The third-order valence-electron chi connectivity index (χ3n) is 2.16. The first-order valence-electron chi connectivity index (χ1n) is 5.03. The van der Waals surface area contributed by atoms with Gasteiger partial charge in [0.25, 0.3) is 11.5 Å². The van der Waals surface area contributed by atoms with Crippen LogP contribution >= 0.6 is 0 Å². The fourth-order valence-corrected chi connectivity index (χ4v) is 1.36. The zero-order chi connectivity index (χ0) is 12.8. The second kappa shape index (κ2) is 6.02. The summed E-state index contributed by atoms with van der Waals surface area (Å²) in [4.78, 5) is 26.2. The summed E-state index contributed by atoms with van der Waals surface area (Å²) < 4.78 is 0. The summed E-state index contributed by atoms with van der Waals surface area (Å²) >= 11 is 0. The normalized spacial score (nSPS) is 10.2. The summed E-state index contributed by atoms with van der Waals surface area (Å²) in [7, 11) is 0. The maximum atomic E-state index is 11.9. The molecule has 0 saturated carbocycles. The second-order valence-corrected chi connectivity index (χ2v) is 3.34. The van der Waals surface area contributed by atoms with Crippen molar-refractivity contribution in [2.75, 3.05) is 26.3 Å². The van der Waals surface area contributed by atoms with E-state index in [2.05, 4.69) is 4.98 Å². The maximum absolute atomic E-state index is 11.9. The number of nitrogens with one attached hydrogen (secondary N) is 1. The predicted octanol–water partition coefficient (Wildman–Crippen LogP) is -1.49. The fourth-order valence-electron chi connectivity index (χ4n) is 1.36. The van der Waals surface area contributed by atoms with E-state index >= 15 is 0 Å². The van der Waals surface area contributed by atoms with Crippen molar-refractivity contribution >= 4 is 5.91 Å². The van der Waals surface area contributed by atoms with Gasteiger partial charge in [0, 0.05) is 25.4 Å². The van der Waals surface area contributed by atoms with Gasteiger partial charge in [-0.15, -0.1) is 0 Å². The number of hydrogen-bond acceptors (Lipinski definition) is 5. The van der Waals surface area contributed by atoms with E-state index in [0.717, 1.165) is 12.3 Å². The van der Waals surface area contributed by atoms with Gasteiger partial charge in [-0.05, 0) is 0 Å². The molecule has 1 aromatic heterocycles. The summed E-state index contributed by atoms with van der Waals surface area (Å²) in [5.41, 5.74) is -0.596. The lowest BCUT2D eigenvalue weighted by Crippen LogP contribution is -2.36. The molecule has 94 valence electrons. The lowest BCUT2D eigenvalue weighted by Gasteiger charge is -2.20. The molecule has 0 aliphatic rings. The molecule has 4 N–H and O–H groups in total. The minimum Gasteiger partial charge on any atom is -0.507 e. The standard InChI is InChI=1S/C10H14N2O5/c13-3-1-12(2-4-14)10(17)7-6-11-9(16)5-8(7)15/h5-6,13-14H,1-4H2,(H2,11,15,16). The van der Waals surface area contributed by atoms with Crippen molar-refractivity contribution in [3.63, 3.8) is 0 Å². The van der Waals surface area contributed by atoms with E-state index < -0.39 is 17.2 Å². The molecule has 1 aromatic rings. The van der Waals surface area contributed by atoms with Crippen LogP contribution in [0.15, 0.2) is 17.1 Å². The SMILES string of the molecule is O=C(c1c[nH]c(=O)cc1O)N(CCO)CCO. The molecule has 1 rings (SSSR count). The lowest BCUT2D eigenvalue weighted by atomic mass is 10.2. The maximum Gasteiger partial charge on any atom is 0.259 e. The van der Waals surface area contributed by atoms with Gasteiger partial charge < -0.3 is 25.2 Å². The van der Waals surface area contributed by atoms with E-state index in [1.807, 2.05) is 0 Å². The average Bonchev–Trinajstić information content (AvgIpc) is 2.28. The third kappa shape index (κ3) is 3.30. The van der Waals surface area contributed by atoms with E-state index in [-0.39, 0.29) is 31.9 Å². The molecule has 0 unspecified atom stereocenters. The number of rotatable bonds is 5. The Bertz CT molecular complexity index is 437. The van der Waals surface area contributed by atoms with Crippen molar-refractivity contribution in [2.24, 2.45) is 0 Å². The molecular formula is C10H14N2O5. The van der Waals surface area contributed by atoms with Crippen LogP contribution in [0.4, 0.5) is 0 Å². The second-order valence-electron chi connectivity index (χ2n) is 3.34. The van der Waals surface area contributed by atoms with Gasteiger partial charge in [-0.3, -0.25) is 9.59 Å². The Hall–Kier alpha value is -1.86. The van der Waals surface area contributed by atoms with Gasteiger partial charge in [0.2, 0.25) is 0 Å². The van der Waals surface area contributed by atoms with Crippen molar-refractivity contribution < 1.29 is 20.1 Å². The Kier molecular flexibility index (Phi) is 4.68. The Morgan fingerprint density at radius 2 is 1.88 bits per heavy atom. The summed E-state index contributed by atoms with van der Waals surface area (Å²) in [5, 5.41) is 27.0. The first-order valence-corrected chi connectivity index (χ1v) is 5.03. The number of H-pyrrole nitrogens is 1. The van der Waals surface area contributed by atoms with Crippen LogP contribution in [0.2, 0.25) is 0 Å². The van der Waals surface area contributed by atoms with Gasteiger partial charge in [0.1, 0.15) is 5.75 Å². The number of carbonyl (C=O) groups is 1. The first kappa shape index (κ1) is 13.2. The number of aromatic amines is 1. The van der Waals surface area contributed by atoms with Crippen LogP contribution in [0.1, 0.15) is 10.4 Å². The molecule has 7 heteroatoms. The minimum atomic E-state index is -0.568. The number of aliphatic hydroxyl groups is 2. The van der Waals surface area contributed by atoms with Crippen molar-refractivity contribution in [3.05, 3.63) is 28.2 Å². The molecule has 17 heavy (non-hydrogen) atoms. The number of aromatic nitrogens is 1. The fraction of sp³-hybridized carbons (Fsp3) is 0.400. The highest BCUT2D eigenvalue weighted by Crippen LogP contribution is 2.14. The number of pyridine rings is 1. The molecule has 0 fully saturated rings. The summed E-state index contributed by atoms with van der Waals surface area (Å²) in [6.45, 7) is -0.429. The molecule has 0 aliphatic carbocycles. The van der Waals surface area contributed by atoms with Gasteiger partial charge in [0.15, 0.2) is 0 Å². The van der Waals surface area contributed by atoms with Crippen LogP contribution in [0.3, 0.4) is 0 Å². The van der Waals surface area contributed by atoms with Crippen molar-refractivity contribution in [1.82, 2.24) is 9.88 Å². The van der Waals surface area contributed by atoms with Gasteiger partial charge in [-0.25, -0.2) is 0 Å². The molecular weight excluding hydrogens is 228 g/mol. The molecule has 0 aliphatic heterocycles. The van der Waals surface area contributed by atoms with Crippen LogP contribution in [0, 0.1) is 0 Å². The number of nitrogens with zero attached hydrogens (tertiary/aromatic N) is 1. The number of amides is 1. The van der Waals surface area contributed by atoms with E-state index in [0.29, 0.717) is 0 Å². The third-order valence-corrected chi connectivity index (χ3v) is 2.16. The van der Waals surface area contributed by atoms with Gasteiger partial charge in [-0.1, -0.05) is 0 Å². The highest BCUT2D eigenvalue weighted by molar-refractivity contribution is 5.96. The first-order chi connectivity index (χ1) is 8.10. The summed E-state index contributed by atoms with van der Waals surface area (Å²) in [5.74, 6) is -0.999. The van der Waals surface area contributed by atoms with Gasteiger partial charge in [-0.2, -0.15) is 0 Å². The van der Waals surface area contributed by atoms with Crippen molar-refractivity contribution in [1.29, 1.82) is 0 Å². The predicted molar refractivity (Wildman–Crippen MR) is 58.8 cm³/mol. The zero-order valence-electron chi connectivity index (χ0n) is 9.09. The molecule has 0 radical (unpaired) electrons. The minimum absolute atomic E-state index is 0.0396. The van der Waals surface area contributed by atoms with Crippen LogP contribution in [0.25, 0.3) is 0 Å². The quantitative estimate of drug-likeness (QED) is 0.502. The zero-order valence-corrected chi connectivity index (χ0v) is 9.09. The van der Waals surface area contributed by atoms with E-state index in [1.165, 1.54) is 4.90 Å². The molecule has 1 amide bonds. The largest absolute Gasteiger partial charge is 0.507 e. The van der Waals surface area contributed by atoms with Crippen LogP contribution in [0.5, 0.6) is 5.75 Å². The molecule has 0 spiro atoms.